The van der Waals surface area contributed by atoms with Gasteiger partial charge in [0.1, 0.15) is 6.04 Å². The molecule has 4 rings (SSSR count). The van der Waals surface area contributed by atoms with Crippen LogP contribution in [0.3, 0.4) is 0 Å². The van der Waals surface area contributed by atoms with Crippen molar-refractivity contribution in [3.63, 3.8) is 0 Å². The summed E-state index contributed by atoms with van der Waals surface area (Å²) in [5, 5.41) is 12.6. The Balaban J connectivity index is 1.67. The predicted molar refractivity (Wildman–Crippen MR) is 85.1 cm³/mol. The number of hydrogen-bond donors (Lipinski definition) is 1. The summed E-state index contributed by atoms with van der Waals surface area (Å²) in [6, 6.07) is 6.97. The monoisotopic (exact) mass is 315 g/mol. The maximum Gasteiger partial charge on any atom is 0.326 e. The molecular formula is C17H17NO3S. The van der Waals surface area contributed by atoms with Crippen LogP contribution < -0.4 is 0 Å². The third-order valence-electron chi connectivity index (χ3n) is 5.10. The molecule has 114 valence electrons. The van der Waals surface area contributed by atoms with Crippen LogP contribution in [0.1, 0.15) is 29.6 Å². The minimum absolute atomic E-state index is 0.131. The second-order valence-corrected chi connectivity index (χ2v) is 7.22. The van der Waals surface area contributed by atoms with E-state index in [9.17, 15) is 14.7 Å². The Kier molecular flexibility index (Phi) is 3.18. The van der Waals surface area contributed by atoms with Gasteiger partial charge in [-0.15, -0.1) is 11.3 Å². The largest absolute Gasteiger partial charge is 0.480 e. The van der Waals surface area contributed by atoms with Crippen molar-refractivity contribution in [2.45, 2.75) is 25.3 Å². The average Bonchev–Trinajstić information content (AvgIpc) is 3.19. The number of carbonyl (C=O) groups is 2. The molecule has 1 amide bonds. The number of nitrogens with zero attached hydrogens (tertiary/aromatic N) is 1. The molecule has 0 spiro atoms. The molecule has 1 aliphatic heterocycles. The van der Waals surface area contributed by atoms with Crippen molar-refractivity contribution in [1.82, 2.24) is 4.90 Å². The Morgan fingerprint density at radius 3 is 2.91 bits per heavy atom. The molecule has 2 fully saturated rings. The third-order valence-corrected chi connectivity index (χ3v) is 6.00. The second kappa shape index (κ2) is 5.09. The van der Waals surface area contributed by atoms with E-state index in [0.717, 1.165) is 29.3 Å². The standard InChI is InChI=1S/C17H17NO3S/c19-16(11-4-5-14-10(8-11)6-7-22-14)18-9-12-2-1-3-13(12)15(18)17(20)21/h4-8,12-13,15H,1-3,9H2,(H,20,21)/t12-,13+,15+/m1/s1. The molecule has 4 nitrogen and oxygen atoms in total. The quantitative estimate of drug-likeness (QED) is 0.925. The zero-order valence-electron chi connectivity index (χ0n) is 12.1. The molecule has 1 saturated carbocycles. The van der Waals surface area contributed by atoms with E-state index in [0.29, 0.717) is 18.0 Å². The second-order valence-electron chi connectivity index (χ2n) is 6.27. The SMILES string of the molecule is O=C(O)[C@@H]1[C@H]2CCC[C@@H]2CN1C(=O)c1ccc2sccc2c1. The number of benzene rings is 1. The highest BCUT2D eigenvalue weighted by molar-refractivity contribution is 7.17. The van der Waals surface area contributed by atoms with Gasteiger partial charge in [-0.2, -0.15) is 0 Å². The van der Waals surface area contributed by atoms with Gasteiger partial charge in [0.15, 0.2) is 0 Å². The summed E-state index contributed by atoms with van der Waals surface area (Å²) in [5.74, 6) is -0.518. The molecule has 2 heterocycles. The van der Waals surface area contributed by atoms with Gasteiger partial charge in [-0.05, 0) is 59.7 Å². The van der Waals surface area contributed by atoms with E-state index in [1.54, 1.807) is 16.2 Å². The van der Waals surface area contributed by atoms with Crippen LogP contribution in [0.4, 0.5) is 0 Å². The topological polar surface area (TPSA) is 57.6 Å². The van der Waals surface area contributed by atoms with E-state index in [4.69, 9.17) is 0 Å². The molecular weight excluding hydrogens is 298 g/mol. The van der Waals surface area contributed by atoms with Crippen LogP contribution in [0.15, 0.2) is 29.6 Å². The Morgan fingerprint density at radius 2 is 2.09 bits per heavy atom. The lowest BCUT2D eigenvalue weighted by Crippen LogP contribution is -2.43. The first-order valence-electron chi connectivity index (χ1n) is 7.66. The summed E-state index contributed by atoms with van der Waals surface area (Å²) < 4.78 is 1.14. The molecule has 1 saturated heterocycles. The van der Waals surface area contributed by atoms with Gasteiger partial charge in [0.2, 0.25) is 0 Å². The van der Waals surface area contributed by atoms with Crippen molar-refractivity contribution in [1.29, 1.82) is 0 Å². The normalized spacial score (nSPS) is 27.3. The van der Waals surface area contributed by atoms with Gasteiger partial charge in [0.05, 0.1) is 0 Å². The minimum atomic E-state index is -0.862. The number of hydrogen-bond acceptors (Lipinski definition) is 3. The first kappa shape index (κ1) is 13.8. The van der Waals surface area contributed by atoms with E-state index < -0.39 is 12.0 Å². The van der Waals surface area contributed by atoms with Gasteiger partial charge in [0, 0.05) is 16.8 Å². The summed E-state index contributed by atoms with van der Waals surface area (Å²) in [6.07, 6.45) is 3.05. The van der Waals surface area contributed by atoms with E-state index in [1.807, 2.05) is 29.6 Å². The molecule has 0 unspecified atom stereocenters. The van der Waals surface area contributed by atoms with E-state index in [2.05, 4.69) is 0 Å². The lowest BCUT2D eigenvalue weighted by molar-refractivity contribution is -0.142. The molecule has 1 aromatic carbocycles. The summed E-state index contributed by atoms with van der Waals surface area (Å²) in [5.41, 5.74) is 0.595. The molecule has 1 aromatic heterocycles. The molecule has 5 heteroatoms. The van der Waals surface area contributed by atoms with E-state index in [1.165, 1.54) is 0 Å². The van der Waals surface area contributed by atoms with Crippen LogP contribution in [0, 0.1) is 11.8 Å². The van der Waals surface area contributed by atoms with Crippen molar-refractivity contribution >= 4 is 33.3 Å². The lowest BCUT2D eigenvalue weighted by Gasteiger charge is -2.24. The van der Waals surface area contributed by atoms with Crippen molar-refractivity contribution in [3.05, 3.63) is 35.2 Å². The minimum Gasteiger partial charge on any atom is -0.480 e. The summed E-state index contributed by atoms with van der Waals surface area (Å²) in [7, 11) is 0. The van der Waals surface area contributed by atoms with Gasteiger partial charge in [-0.1, -0.05) is 6.42 Å². The summed E-state index contributed by atoms with van der Waals surface area (Å²) in [4.78, 5) is 26.1. The number of amides is 1. The Bertz CT molecular complexity index is 753. The zero-order chi connectivity index (χ0) is 15.3. The molecule has 1 N–H and O–H groups in total. The molecule has 2 aromatic rings. The maximum absolute atomic E-state index is 12.8. The van der Waals surface area contributed by atoms with Gasteiger partial charge in [-0.25, -0.2) is 4.79 Å². The maximum atomic E-state index is 12.8. The fourth-order valence-electron chi connectivity index (χ4n) is 4.10. The fraction of sp³-hybridized carbons (Fsp3) is 0.412. The first-order valence-corrected chi connectivity index (χ1v) is 8.54. The predicted octanol–water partition coefficient (Wildman–Crippen LogP) is 3.23. The van der Waals surface area contributed by atoms with Crippen LogP contribution in [-0.2, 0) is 4.79 Å². The number of carbonyl (C=O) groups excluding carboxylic acids is 1. The van der Waals surface area contributed by atoms with Crippen molar-refractivity contribution in [2.24, 2.45) is 11.8 Å². The average molecular weight is 315 g/mol. The third kappa shape index (κ3) is 2.03. The molecule has 0 bridgehead atoms. The number of likely N-dealkylation sites (tertiary alicyclic amines) is 1. The number of carboxylic acids is 1. The molecule has 3 atom stereocenters. The smallest absolute Gasteiger partial charge is 0.326 e. The highest BCUT2D eigenvalue weighted by atomic mass is 32.1. The lowest BCUT2D eigenvalue weighted by atomic mass is 9.94. The Morgan fingerprint density at radius 1 is 1.23 bits per heavy atom. The highest BCUT2D eigenvalue weighted by Crippen LogP contribution is 2.42. The first-order chi connectivity index (χ1) is 10.6. The number of fused-ring (bicyclic) bond motifs is 2. The Labute approximate surface area is 132 Å². The number of carboxylic acid groups (broad SMARTS) is 1. The van der Waals surface area contributed by atoms with E-state index >= 15 is 0 Å². The highest BCUT2D eigenvalue weighted by Gasteiger charge is 2.49. The van der Waals surface area contributed by atoms with Crippen LogP contribution in [0.2, 0.25) is 0 Å². The van der Waals surface area contributed by atoms with Gasteiger partial charge in [0.25, 0.3) is 5.91 Å². The van der Waals surface area contributed by atoms with Crippen LogP contribution in [0.25, 0.3) is 10.1 Å². The fourth-order valence-corrected chi connectivity index (χ4v) is 4.87. The number of aliphatic carboxylic acids is 1. The van der Waals surface area contributed by atoms with Gasteiger partial charge in [-0.3, -0.25) is 4.79 Å². The summed E-state index contributed by atoms with van der Waals surface area (Å²) >= 11 is 1.64. The molecule has 2 aliphatic rings. The molecule has 1 aliphatic carbocycles. The van der Waals surface area contributed by atoms with Gasteiger partial charge < -0.3 is 10.0 Å². The van der Waals surface area contributed by atoms with Crippen molar-refractivity contribution in [2.75, 3.05) is 6.54 Å². The van der Waals surface area contributed by atoms with E-state index in [-0.39, 0.29) is 11.8 Å². The van der Waals surface area contributed by atoms with Crippen LogP contribution in [-0.4, -0.2) is 34.5 Å². The summed E-state index contributed by atoms with van der Waals surface area (Å²) in [6.45, 7) is 0.585. The zero-order valence-corrected chi connectivity index (χ0v) is 12.9. The van der Waals surface area contributed by atoms with Crippen LogP contribution >= 0.6 is 11.3 Å². The molecule has 22 heavy (non-hydrogen) atoms. The van der Waals surface area contributed by atoms with Crippen molar-refractivity contribution in [3.8, 4) is 0 Å². The number of thiophene rings is 1. The van der Waals surface area contributed by atoms with Crippen molar-refractivity contribution < 1.29 is 14.7 Å². The van der Waals surface area contributed by atoms with Gasteiger partial charge >= 0.3 is 5.97 Å². The molecule has 0 radical (unpaired) electrons. The Hall–Kier alpha value is -1.88. The number of rotatable bonds is 2. The van der Waals surface area contributed by atoms with Crippen LogP contribution in [0.5, 0.6) is 0 Å².